The van der Waals surface area contributed by atoms with Crippen LogP contribution in [0.25, 0.3) is 0 Å². The molecule has 0 saturated carbocycles. The van der Waals surface area contributed by atoms with Crippen LogP contribution < -0.4 is 5.32 Å². The van der Waals surface area contributed by atoms with Crippen LogP contribution in [-0.4, -0.2) is 41.3 Å². The van der Waals surface area contributed by atoms with Gasteiger partial charge in [0.1, 0.15) is 10.6 Å². The lowest BCUT2D eigenvalue weighted by Crippen LogP contribution is -2.30. The predicted octanol–water partition coefficient (Wildman–Crippen LogP) is 2.89. The number of rotatable bonds is 6. The molecule has 0 fully saturated rings. The molecule has 27 heavy (non-hydrogen) atoms. The maximum Gasteiger partial charge on any atom is 0.274 e. The molecule has 148 valence electrons. The van der Waals surface area contributed by atoms with Crippen molar-refractivity contribution in [2.24, 2.45) is 13.0 Å². The smallest absolute Gasteiger partial charge is 0.274 e. The van der Waals surface area contributed by atoms with E-state index >= 15 is 0 Å². The highest BCUT2D eigenvalue weighted by Crippen LogP contribution is 2.32. The standard InChI is InChI=1S/C18H26N4O3S2/c1-5-22(6-2)27(24,25)13-10-15(21(4)11-13)17(23)20-18-19-14-8-7-12(3)9-16(14)26-18/h10-12H,5-9H2,1-4H3,(H,19,20,23). The van der Waals surface area contributed by atoms with E-state index in [-0.39, 0.29) is 10.8 Å². The highest BCUT2D eigenvalue weighted by molar-refractivity contribution is 7.89. The number of carbonyl (C=O) groups is 1. The molecule has 0 aliphatic heterocycles. The molecule has 3 rings (SSSR count). The van der Waals surface area contributed by atoms with E-state index in [1.165, 1.54) is 32.8 Å². The molecule has 0 saturated heterocycles. The van der Waals surface area contributed by atoms with Crippen molar-refractivity contribution >= 4 is 32.4 Å². The summed E-state index contributed by atoms with van der Waals surface area (Å²) in [5, 5.41) is 3.41. The molecule has 1 N–H and O–H groups in total. The van der Waals surface area contributed by atoms with Gasteiger partial charge in [0.25, 0.3) is 5.91 Å². The Balaban J connectivity index is 1.81. The number of thiazole rings is 1. The van der Waals surface area contributed by atoms with Gasteiger partial charge in [-0.3, -0.25) is 10.1 Å². The average molecular weight is 411 g/mol. The number of nitrogens with zero attached hydrogens (tertiary/aromatic N) is 3. The van der Waals surface area contributed by atoms with Crippen LogP contribution in [0.5, 0.6) is 0 Å². The van der Waals surface area contributed by atoms with Gasteiger partial charge in [0.15, 0.2) is 5.13 Å². The quantitative estimate of drug-likeness (QED) is 0.794. The maximum absolute atomic E-state index is 12.7. The van der Waals surface area contributed by atoms with Gasteiger partial charge in [0.05, 0.1) is 5.69 Å². The van der Waals surface area contributed by atoms with Crippen LogP contribution in [-0.2, 0) is 29.9 Å². The number of hydrogen-bond donors (Lipinski definition) is 1. The summed E-state index contributed by atoms with van der Waals surface area (Å²) in [5.74, 6) is 0.292. The van der Waals surface area contributed by atoms with E-state index in [1.807, 2.05) is 0 Å². The molecule has 0 radical (unpaired) electrons. The van der Waals surface area contributed by atoms with Gasteiger partial charge in [-0.15, -0.1) is 11.3 Å². The third kappa shape index (κ3) is 3.95. The summed E-state index contributed by atoms with van der Waals surface area (Å²) in [6, 6.07) is 1.43. The van der Waals surface area contributed by atoms with E-state index in [0.717, 1.165) is 25.0 Å². The lowest BCUT2D eigenvalue weighted by atomic mass is 9.93. The molecule has 2 heterocycles. The van der Waals surface area contributed by atoms with Gasteiger partial charge in [0, 0.05) is 31.2 Å². The number of amides is 1. The van der Waals surface area contributed by atoms with E-state index in [0.29, 0.717) is 29.8 Å². The van der Waals surface area contributed by atoms with Crippen molar-refractivity contribution in [3.8, 4) is 0 Å². The fourth-order valence-corrected chi connectivity index (χ4v) is 6.06. The molecule has 1 aliphatic rings. The molecule has 1 aliphatic carbocycles. The second-order valence-corrected chi connectivity index (χ2v) is 9.97. The number of fused-ring (bicyclic) bond motifs is 1. The minimum atomic E-state index is -3.60. The van der Waals surface area contributed by atoms with E-state index in [2.05, 4.69) is 17.2 Å². The number of nitrogens with one attached hydrogen (secondary N) is 1. The SMILES string of the molecule is CCN(CC)S(=O)(=O)c1cc(C(=O)Nc2nc3c(s2)CC(C)CC3)n(C)c1. The molecule has 0 aromatic carbocycles. The van der Waals surface area contributed by atoms with Crippen molar-refractivity contribution in [1.29, 1.82) is 0 Å². The summed E-state index contributed by atoms with van der Waals surface area (Å²) < 4.78 is 28.3. The third-order valence-corrected chi connectivity index (χ3v) is 8.01. The zero-order valence-electron chi connectivity index (χ0n) is 16.2. The number of aryl methyl sites for hydroxylation is 2. The highest BCUT2D eigenvalue weighted by atomic mass is 32.2. The molecule has 2 aromatic rings. The summed E-state index contributed by atoms with van der Waals surface area (Å²) in [6.45, 7) is 6.59. The summed E-state index contributed by atoms with van der Waals surface area (Å²) in [7, 11) is -1.93. The first-order valence-electron chi connectivity index (χ1n) is 9.22. The van der Waals surface area contributed by atoms with Gasteiger partial charge in [-0.05, 0) is 31.2 Å². The molecular formula is C18H26N4O3S2. The van der Waals surface area contributed by atoms with Crippen LogP contribution in [0.2, 0.25) is 0 Å². The summed E-state index contributed by atoms with van der Waals surface area (Å²) >= 11 is 1.51. The van der Waals surface area contributed by atoms with Gasteiger partial charge in [-0.1, -0.05) is 20.8 Å². The van der Waals surface area contributed by atoms with Crippen LogP contribution in [0.15, 0.2) is 17.2 Å². The van der Waals surface area contributed by atoms with E-state index in [9.17, 15) is 13.2 Å². The Morgan fingerprint density at radius 3 is 2.78 bits per heavy atom. The second kappa shape index (κ2) is 7.73. The Morgan fingerprint density at radius 2 is 2.11 bits per heavy atom. The maximum atomic E-state index is 12.7. The third-order valence-electron chi connectivity index (χ3n) is 4.96. The zero-order chi connectivity index (χ0) is 19.8. The second-order valence-electron chi connectivity index (χ2n) is 6.95. The predicted molar refractivity (Wildman–Crippen MR) is 107 cm³/mol. The normalized spacial score (nSPS) is 17.1. The fraction of sp³-hybridized carbons (Fsp3) is 0.556. The number of anilines is 1. The minimum absolute atomic E-state index is 0.131. The average Bonchev–Trinajstić information content (AvgIpc) is 3.18. The largest absolute Gasteiger partial charge is 0.345 e. The van der Waals surface area contributed by atoms with Crippen molar-refractivity contribution in [3.05, 3.63) is 28.5 Å². The van der Waals surface area contributed by atoms with Crippen molar-refractivity contribution in [2.45, 2.75) is 44.9 Å². The Bertz CT molecular complexity index is 942. The lowest BCUT2D eigenvalue weighted by Gasteiger charge is -2.17. The van der Waals surface area contributed by atoms with Crippen LogP contribution >= 0.6 is 11.3 Å². The Hall–Kier alpha value is -1.71. The van der Waals surface area contributed by atoms with E-state index in [4.69, 9.17) is 0 Å². The van der Waals surface area contributed by atoms with Gasteiger partial charge in [-0.25, -0.2) is 13.4 Å². The van der Waals surface area contributed by atoms with E-state index < -0.39 is 10.0 Å². The summed E-state index contributed by atoms with van der Waals surface area (Å²) in [4.78, 5) is 18.6. The first-order valence-corrected chi connectivity index (χ1v) is 11.5. The van der Waals surface area contributed by atoms with Crippen LogP contribution in [0.3, 0.4) is 0 Å². The van der Waals surface area contributed by atoms with Crippen LogP contribution in [0.1, 0.15) is 48.3 Å². The van der Waals surface area contributed by atoms with Crippen LogP contribution in [0, 0.1) is 5.92 Å². The first-order chi connectivity index (χ1) is 12.8. The Morgan fingerprint density at radius 1 is 1.41 bits per heavy atom. The number of aromatic nitrogens is 2. The zero-order valence-corrected chi connectivity index (χ0v) is 17.8. The van der Waals surface area contributed by atoms with Gasteiger partial charge in [-0.2, -0.15) is 4.31 Å². The molecule has 1 atom stereocenters. The number of sulfonamides is 1. The van der Waals surface area contributed by atoms with Gasteiger partial charge >= 0.3 is 0 Å². The summed E-state index contributed by atoms with van der Waals surface area (Å²) in [5.41, 5.74) is 1.37. The molecule has 7 nitrogen and oxygen atoms in total. The number of carbonyl (C=O) groups excluding carboxylic acids is 1. The van der Waals surface area contributed by atoms with Crippen LogP contribution in [0.4, 0.5) is 5.13 Å². The molecular weight excluding hydrogens is 384 g/mol. The van der Waals surface area contributed by atoms with Crippen molar-refractivity contribution < 1.29 is 13.2 Å². The van der Waals surface area contributed by atoms with Gasteiger partial charge < -0.3 is 4.57 Å². The first kappa shape index (κ1) is 20.0. The highest BCUT2D eigenvalue weighted by Gasteiger charge is 2.26. The topological polar surface area (TPSA) is 84.3 Å². The fourth-order valence-electron chi connectivity index (χ4n) is 3.37. The van der Waals surface area contributed by atoms with E-state index in [1.54, 1.807) is 25.5 Å². The van der Waals surface area contributed by atoms with Crippen molar-refractivity contribution in [2.75, 3.05) is 18.4 Å². The lowest BCUT2D eigenvalue weighted by molar-refractivity contribution is 0.101. The molecule has 0 bridgehead atoms. The Labute approximate surface area is 164 Å². The van der Waals surface area contributed by atoms with Gasteiger partial charge in [0.2, 0.25) is 10.0 Å². The summed E-state index contributed by atoms with van der Waals surface area (Å²) in [6.07, 6.45) is 4.55. The molecule has 1 unspecified atom stereocenters. The van der Waals surface area contributed by atoms with Crippen molar-refractivity contribution in [3.63, 3.8) is 0 Å². The number of hydrogen-bond acceptors (Lipinski definition) is 5. The molecule has 0 spiro atoms. The molecule has 2 aromatic heterocycles. The molecule has 9 heteroatoms. The monoisotopic (exact) mass is 410 g/mol. The Kier molecular flexibility index (Phi) is 5.73. The van der Waals surface area contributed by atoms with Crippen molar-refractivity contribution in [1.82, 2.24) is 13.9 Å². The minimum Gasteiger partial charge on any atom is -0.345 e. The molecule has 1 amide bonds.